The van der Waals surface area contributed by atoms with Gasteiger partial charge in [0.1, 0.15) is 0 Å². The summed E-state index contributed by atoms with van der Waals surface area (Å²) in [4.78, 5) is 11.2. The molecule has 0 aromatic rings. The molecule has 1 amide bonds. The molecule has 3 N–H and O–H groups in total. The van der Waals surface area contributed by atoms with Gasteiger partial charge in [-0.1, -0.05) is 13.8 Å². The summed E-state index contributed by atoms with van der Waals surface area (Å²) in [7, 11) is 0. The van der Waals surface area contributed by atoms with E-state index in [1.54, 1.807) is 0 Å². The minimum absolute atomic E-state index is 0.0867. The van der Waals surface area contributed by atoms with E-state index < -0.39 is 0 Å². The molecule has 3 nitrogen and oxygen atoms in total. The zero-order valence-electron chi connectivity index (χ0n) is 8.67. The van der Waals surface area contributed by atoms with Gasteiger partial charge in [0.2, 0.25) is 5.91 Å². The zero-order chi connectivity index (χ0) is 10.3. The first-order valence-corrected chi connectivity index (χ1v) is 5.97. The van der Waals surface area contributed by atoms with E-state index in [0.29, 0.717) is 18.2 Å². The van der Waals surface area contributed by atoms with Crippen molar-refractivity contribution < 1.29 is 4.79 Å². The number of hydrogen-bond acceptors (Lipinski definition) is 3. The van der Waals surface area contributed by atoms with Crippen molar-refractivity contribution in [3.63, 3.8) is 0 Å². The van der Waals surface area contributed by atoms with Crippen LogP contribution in [0.1, 0.15) is 20.3 Å². The third-order valence-corrected chi connectivity index (χ3v) is 2.23. The highest BCUT2D eigenvalue weighted by Gasteiger charge is 2.11. The lowest BCUT2D eigenvalue weighted by molar-refractivity contribution is -0.119. The van der Waals surface area contributed by atoms with Gasteiger partial charge < -0.3 is 11.1 Å². The molecule has 78 valence electrons. The van der Waals surface area contributed by atoms with Crippen LogP contribution in [0.2, 0.25) is 0 Å². The van der Waals surface area contributed by atoms with Crippen molar-refractivity contribution in [1.82, 2.24) is 5.32 Å². The van der Waals surface area contributed by atoms with E-state index in [4.69, 9.17) is 5.73 Å². The van der Waals surface area contributed by atoms with Crippen molar-refractivity contribution in [2.45, 2.75) is 26.3 Å². The minimum atomic E-state index is 0.0867. The Morgan fingerprint density at radius 1 is 1.54 bits per heavy atom. The highest BCUT2D eigenvalue weighted by molar-refractivity contribution is 7.99. The van der Waals surface area contributed by atoms with Gasteiger partial charge in [-0.25, -0.2) is 0 Å². The molecule has 0 radical (unpaired) electrons. The second kappa shape index (κ2) is 7.21. The largest absolute Gasteiger partial charge is 0.351 e. The second-order valence-electron chi connectivity index (χ2n) is 3.56. The van der Waals surface area contributed by atoms with Gasteiger partial charge in [0.15, 0.2) is 0 Å². The number of nitrogens with one attached hydrogen (secondary N) is 1. The number of thioether (sulfide) groups is 1. The van der Waals surface area contributed by atoms with E-state index in [9.17, 15) is 4.79 Å². The standard InChI is InChI=1S/C9H20N2OS/c1-7(2)4-8(5-10)11-9(12)6-13-3/h7-8H,4-6,10H2,1-3H3,(H,11,12). The van der Waals surface area contributed by atoms with Gasteiger partial charge in [0.25, 0.3) is 0 Å². The molecular weight excluding hydrogens is 184 g/mol. The summed E-state index contributed by atoms with van der Waals surface area (Å²) in [5, 5.41) is 2.91. The summed E-state index contributed by atoms with van der Waals surface area (Å²) < 4.78 is 0. The molecule has 4 heteroatoms. The van der Waals surface area contributed by atoms with E-state index in [0.717, 1.165) is 6.42 Å². The molecule has 1 unspecified atom stereocenters. The normalized spacial score (nSPS) is 13.0. The van der Waals surface area contributed by atoms with Crippen molar-refractivity contribution in [2.75, 3.05) is 18.6 Å². The summed E-state index contributed by atoms with van der Waals surface area (Å²) >= 11 is 1.53. The molecule has 0 saturated carbocycles. The van der Waals surface area contributed by atoms with Gasteiger partial charge in [0, 0.05) is 12.6 Å². The summed E-state index contributed by atoms with van der Waals surface area (Å²) in [5.41, 5.74) is 5.54. The number of amides is 1. The average Bonchev–Trinajstić information content (AvgIpc) is 2.02. The number of rotatable bonds is 6. The molecule has 0 fully saturated rings. The van der Waals surface area contributed by atoms with Gasteiger partial charge in [-0.15, -0.1) is 0 Å². The lowest BCUT2D eigenvalue weighted by atomic mass is 10.0. The Hall–Kier alpha value is -0.220. The highest BCUT2D eigenvalue weighted by atomic mass is 32.2. The average molecular weight is 204 g/mol. The maximum Gasteiger partial charge on any atom is 0.230 e. The first-order valence-electron chi connectivity index (χ1n) is 4.58. The lowest BCUT2D eigenvalue weighted by Gasteiger charge is -2.18. The number of nitrogens with two attached hydrogens (primary N) is 1. The Labute approximate surface area is 84.8 Å². The summed E-state index contributed by atoms with van der Waals surface area (Å²) in [6.07, 6.45) is 2.87. The maximum absolute atomic E-state index is 11.2. The fourth-order valence-electron chi connectivity index (χ4n) is 1.18. The first kappa shape index (κ1) is 12.8. The highest BCUT2D eigenvalue weighted by Crippen LogP contribution is 2.03. The molecule has 13 heavy (non-hydrogen) atoms. The van der Waals surface area contributed by atoms with Gasteiger partial charge in [0.05, 0.1) is 5.75 Å². The predicted octanol–water partition coefficient (Wildman–Crippen LogP) is 0.839. The smallest absolute Gasteiger partial charge is 0.230 e. The van der Waals surface area contributed by atoms with Crippen LogP contribution in [0.4, 0.5) is 0 Å². The topological polar surface area (TPSA) is 55.1 Å². The Morgan fingerprint density at radius 2 is 2.15 bits per heavy atom. The molecule has 1 atom stereocenters. The number of hydrogen-bond donors (Lipinski definition) is 2. The van der Waals surface area contributed by atoms with Crippen LogP contribution in [-0.2, 0) is 4.79 Å². The molecule has 0 aliphatic carbocycles. The van der Waals surface area contributed by atoms with Crippen molar-refractivity contribution in [3.05, 3.63) is 0 Å². The number of carbonyl (C=O) groups is 1. The SMILES string of the molecule is CSCC(=O)NC(CN)CC(C)C. The molecule has 0 spiro atoms. The van der Waals surface area contributed by atoms with Crippen molar-refractivity contribution in [1.29, 1.82) is 0 Å². The Morgan fingerprint density at radius 3 is 2.54 bits per heavy atom. The van der Waals surface area contributed by atoms with E-state index in [1.807, 2.05) is 6.26 Å². The van der Waals surface area contributed by atoms with Crippen LogP contribution >= 0.6 is 11.8 Å². The predicted molar refractivity (Wildman–Crippen MR) is 58.8 cm³/mol. The third-order valence-electron chi connectivity index (χ3n) is 1.68. The molecule has 0 rings (SSSR count). The van der Waals surface area contributed by atoms with Crippen LogP contribution in [-0.4, -0.2) is 30.5 Å². The monoisotopic (exact) mass is 204 g/mol. The van der Waals surface area contributed by atoms with E-state index in [-0.39, 0.29) is 11.9 Å². The van der Waals surface area contributed by atoms with Crippen LogP contribution in [0.3, 0.4) is 0 Å². The van der Waals surface area contributed by atoms with E-state index in [2.05, 4.69) is 19.2 Å². The summed E-state index contributed by atoms with van der Waals surface area (Å²) in [6, 6.07) is 0.139. The van der Waals surface area contributed by atoms with Crippen LogP contribution in [0, 0.1) is 5.92 Å². The second-order valence-corrected chi connectivity index (χ2v) is 4.43. The first-order chi connectivity index (χ1) is 6.10. The Balaban J connectivity index is 3.76. The van der Waals surface area contributed by atoms with Crippen LogP contribution in [0.25, 0.3) is 0 Å². The molecule has 0 aromatic heterocycles. The Bertz CT molecular complexity index is 151. The zero-order valence-corrected chi connectivity index (χ0v) is 9.49. The van der Waals surface area contributed by atoms with Gasteiger partial charge >= 0.3 is 0 Å². The quantitative estimate of drug-likeness (QED) is 0.674. The van der Waals surface area contributed by atoms with Crippen LogP contribution < -0.4 is 11.1 Å². The van der Waals surface area contributed by atoms with E-state index >= 15 is 0 Å². The molecule has 0 aliphatic heterocycles. The number of carbonyl (C=O) groups excluding carboxylic acids is 1. The van der Waals surface area contributed by atoms with Gasteiger partial charge in [-0.2, -0.15) is 11.8 Å². The third kappa shape index (κ3) is 6.90. The lowest BCUT2D eigenvalue weighted by Crippen LogP contribution is -2.41. The van der Waals surface area contributed by atoms with Crippen molar-refractivity contribution >= 4 is 17.7 Å². The molecule has 0 aromatic carbocycles. The summed E-state index contributed by atoms with van der Waals surface area (Å²) in [6.45, 7) is 4.78. The van der Waals surface area contributed by atoms with Crippen LogP contribution in [0.5, 0.6) is 0 Å². The molecule has 0 bridgehead atoms. The molecular formula is C9H20N2OS. The van der Waals surface area contributed by atoms with Gasteiger partial charge in [-0.3, -0.25) is 4.79 Å². The fraction of sp³-hybridized carbons (Fsp3) is 0.889. The molecule has 0 heterocycles. The molecule has 0 aliphatic rings. The van der Waals surface area contributed by atoms with Crippen molar-refractivity contribution in [3.8, 4) is 0 Å². The van der Waals surface area contributed by atoms with Crippen molar-refractivity contribution in [2.24, 2.45) is 11.7 Å². The Kier molecular flexibility index (Phi) is 7.09. The maximum atomic E-state index is 11.2. The van der Waals surface area contributed by atoms with E-state index in [1.165, 1.54) is 11.8 Å². The molecule has 0 saturated heterocycles. The van der Waals surface area contributed by atoms with Gasteiger partial charge in [-0.05, 0) is 18.6 Å². The minimum Gasteiger partial charge on any atom is -0.351 e. The van der Waals surface area contributed by atoms with Crippen LogP contribution in [0.15, 0.2) is 0 Å². The summed E-state index contributed by atoms with van der Waals surface area (Å²) in [5.74, 6) is 1.18. The fourth-order valence-corrected chi connectivity index (χ4v) is 1.53.